The van der Waals surface area contributed by atoms with Crippen molar-refractivity contribution in [2.75, 3.05) is 0 Å². The van der Waals surface area contributed by atoms with E-state index in [-0.39, 0.29) is 22.6 Å². The van der Waals surface area contributed by atoms with E-state index in [0.717, 1.165) is 4.80 Å². The Morgan fingerprint density at radius 3 is 2.58 bits per heavy atom. The Labute approximate surface area is 182 Å². The molecule has 0 saturated carbocycles. The van der Waals surface area contributed by atoms with E-state index in [0.29, 0.717) is 16.4 Å². The SMILES string of the molecule is C/C(=C(/F)NC(=O)c1cnn(-c2cccc3c2C=CNC3=C=O)c1C(F)(F)F)n1nccn1. The van der Waals surface area contributed by atoms with Crippen molar-refractivity contribution >= 4 is 29.3 Å². The molecule has 1 amide bonds. The summed E-state index contributed by atoms with van der Waals surface area (Å²) in [6.07, 6.45) is 1.01. The molecule has 9 nitrogen and oxygen atoms in total. The number of benzene rings is 1. The molecule has 3 heterocycles. The van der Waals surface area contributed by atoms with Crippen LogP contribution in [0.15, 0.2) is 48.9 Å². The summed E-state index contributed by atoms with van der Waals surface area (Å²) >= 11 is 0. The van der Waals surface area contributed by atoms with Crippen LogP contribution in [0.3, 0.4) is 0 Å². The monoisotopic (exact) mass is 459 g/mol. The summed E-state index contributed by atoms with van der Waals surface area (Å²) in [5, 5.41) is 15.6. The smallest absolute Gasteiger partial charge is 0.352 e. The normalized spacial score (nSPS) is 13.7. The minimum Gasteiger partial charge on any atom is -0.352 e. The number of carbonyl (C=O) groups is 1. The Balaban J connectivity index is 1.80. The molecule has 3 aromatic rings. The lowest BCUT2D eigenvalue weighted by Gasteiger charge is -2.19. The number of hydrogen-bond acceptors (Lipinski definition) is 6. The minimum atomic E-state index is -5.02. The summed E-state index contributed by atoms with van der Waals surface area (Å²) in [5.41, 5.74) is -2.02. The minimum absolute atomic E-state index is 0.0305. The molecule has 0 radical (unpaired) electrons. The van der Waals surface area contributed by atoms with Gasteiger partial charge in [0.05, 0.1) is 29.8 Å². The van der Waals surface area contributed by atoms with Crippen molar-refractivity contribution in [3.63, 3.8) is 0 Å². The second-order valence-electron chi connectivity index (χ2n) is 6.68. The number of nitrogens with zero attached hydrogens (tertiary/aromatic N) is 5. The van der Waals surface area contributed by atoms with Gasteiger partial charge in [0.25, 0.3) is 5.91 Å². The van der Waals surface area contributed by atoms with Crippen LogP contribution in [-0.2, 0) is 11.0 Å². The van der Waals surface area contributed by atoms with Gasteiger partial charge in [-0.15, -0.1) is 0 Å². The Hall–Kier alpha value is -4.51. The highest BCUT2D eigenvalue weighted by Crippen LogP contribution is 2.36. The number of amides is 1. The zero-order valence-electron chi connectivity index (χ0n) is 16.7. The quantitative estimate of drug-likeness (QED) is 0.353. The molecule has 0 spiro atoms. The number of nitrogens with one attached hydrogen (secondary N) is 2. The Morgan fingerprint density at radius 2 is 1.91 bits per heavy atom. The number of rotatable bonds is 4. The predicted octanol–water partition coefficient (Wildman–Crippen LogP) is 2.77. The number of aromatic nitrogens is 5. The van der Waals surface area contributed by atoms with Crippen molar-refractivity contribution < 1.29 is 27.2 Å². The Kier molecular flexibility index (Phi) is 5.40. The topological polar surface area (TPSA) is 107 Å². The molecule has 0 atom stereocenters. The van der Waals surface area contributed by atoms with Crippen molar-refractivity contribution in [3.05, 3.63) is 71.3 Å². The number of allylic oxidation sites excluding steroid dienone is 1. The Morgan fingerprint density at radius 1 is 1.18 bits per heavy atom. The standard InChI is InChI=1S/C20H13F4N7O2/c1-11(31-26-7-8-27-31)18(21)29-19(33)14-9-28-30(17(14)20(22,23)24)16-4-2-3-12-13(16)5-6-25-15(12)10-32/h2-9,25H,1H3,(H,29,33)/b18-11+. The van der Waals surface area contributed by atoms with E-state index < -0.39 is 29.3 Å². The molecule has 4 rings (SSSR count). The largest absolute Gasteiger partial charge is 0.434 e. The van der Waals surface area contributed by atoms with E-state index in [2.05, 4.69) is 20.6 Å². The molecule has 2 aromatic heterocycles. The van der Waals surface area contributed by atoms with Gasteiger partial charge in [-0.25, -0.2) is 9.48 Å². The molecule has 0 fully saturated rings. The van der Waals surface area contributed by atoms with Crippen LogP contribution in [0, 0.1) is 0 Å². The van der Waals surface area contributed by atoms with E-state index in [1.54, 1.807) is 11.3 Å². The molecule has 168 valence electrons. The van der Waals surface area contributed by atoms with E-state index in [1.165, 1.54) is 49.8 Å². The Bertz CT molecular complexity index is 1350. The number of alkyl halides is 3. The maximum Gasteiger partial charge on any atom is 0.434 e. The van der Waals surface area contributed by atoms with Gasteiger partial charge in [-0.1, -0.05) is 12.1 Å². The van der Waals surface area contributed by atoms with Gasteiger partial charge in [-0.2, -0.15) is 37.7 Å². The van der Waals surface area contributed by atoms with Crippen LogP contribution >= 0.6 is 0 Å². The zero-order chi connectivity index (χ0) is 23.8. The molecular weight excluding hydrogens is 446 g/mol. The first-order chi connectivity index (χ1) is 15.7. The number of fused-ring (bicyclic) bond motifs is 1. The lowest BCUT2D eigenvalue weighted by atomic mass is 10.0. The van der Waals surface area contributed by atoms with E-state index >= 15 is 0 Å². The summed E-state index contributed by atoms with van der Waals surface area (Å²) in [5.74, 6) is -0.920. The number of halogens is 4. The molecule has 13 heteroatoms. The van der Waals surface area contributed by atoms with Crippen LogP contribution in [0.2, 0.25) is 0 Å². The summed E-state index contributed by atoms with van der Waals surface area (Å²) in [4.78, 5) is 24.6. The molecule has 2 N–H and O–H groups in total. The lowest BCUT2D eigenvalue weighted by Crippen LogP contribution is -2.26. The van der Waals surface area contributed by atoms with Crippen molar-refractivity contribution in [1.82, 2.24) is 35.4 Å². The first kappa shape index (κ1) is 21.7. The van der Waals surface area contributed by atoms with Crippen molar-refractivity contribution in [3.8, 4) is 5.69 Å². The van der Waals surface area contributed by atoms with Crippen LogP contribution in [0.4, 0.5) is 17.6 Å². The summed E-state index contributed by atoms with van der Waals surface area (Å²) in [7, 11) is 0. The molecule has 0 unspecified atom stereocenters. The zero-order valence-corrected chi connectivity index (χ0v) is 16.7. The highest BCUT2D eigenvalue weighted by atomic mass is 19.4. The maximum atomic E-state index is 14.4. The average molecular weight is 459 g/mol. The van der Waals surface area contributed by atoms with Gasteiger partial charge in [0.2, 0.25) is 5.95 Å². The van der Waals surface area contributed by atoms with Gasteiger partial charge in [-0.3, -0.25) is 10.1 Å². The van der Waals surface area contributed by atoms with Crippen LogP contribution in [-0.4, -0.2) is 36.6 Å². The van der Waals surface area contributed by atoms with Crippen molar-refractivity contribution in [2.45, 2.75) is 13.1 Å². The van der Waals surface area contributed by atoms with Gasteiger partial charge >= 0.3 is 6.18 Å². The third kappa shape index (κ3) is 3.92. The van der Waals surface area contributed by atoms with Crippen LogP contribution < -0.4 is 10.6 Å². The van der Waals surface area contributed by atoms with Gasteiger partial charge in [0, 0.05) is 17.3 Å². The molecule has 0 saturated heterocycles. The van der Waals surface area contributed by atoms with E-state index in [4.69, 9.17) is 0 Å². The number of carbonyl (C=O) groups excluding carboxylic acids is 2. The van der Waals surface area contributed by atoms with Gasteiger partial charge in [0.15, 0.2) is 11.6 Å². The third-order valence-electron chi connectivity index (χ3n) is 4.70. The average Bonchev–Trinajstić information content (AvgIpc) is 3.47. The summed E-state index contributed by atoms with van der Waals surface area (Å²) in [6.45, 7) is 1.23. The molecule has 0 aliphatic carbocycles. The van der Waals surface area contributed by atoms with E-state index in [1.807, 2.05) is 0 Å². The highest BCUT2D eigenvalue weighted by Gasteiger charge is 2.41. The molecular formula is C20H13F4N7O2. The second kappa shape index (κ2) is 8.20. The summed E-state index contributed by atoms with van der Waals surface area (Å²) in [6, 6.07) is 4.29. The van der Waals surface area contributed by atoms with Crippen LogP contribution in [0.1, 0.15) is 34.1 Å². The summed E-state index contributed by atoms with van der Waals surface area (Å²) < 4.78 is 57.0. The highest BCUT2D eigenvalue weighted by molar-refractivity contribution is 5.97. The fourth-order valence-electron chi connectivity index (χ4n) is 3.21. The fourth-order valence-corrected chi connectivity index (χ4v) is 3.21. The molecule has 1 aliphatic heterocycles. The lowest BCUT2D eigenvalue weighted by molar-refractivity contribution is -0.143. The second-order valence-corrected chi connectivity index (χ2v) is 6.68. The molecule has 1 aliphatic rings. The van der Waals surface area contributed by atoms with Crippen molar-refractivity contribution in [1.29, 1.82) is 0 Å². The first-order valence-corrected chi connectivity index (χ1v) is 9.24. The van der Waals surface area contributed by atoms with E-state index in [9.17, 15) is 27.2 Å². The van der Waals surface area contributed by atoms with Crippen LogP contribution in [0.25, 0.3) is 23.2 Å². The maximum absolute atomic E-state index is 14.4. The molecule has 33 heavy (non-hydrogen) atoms. The molecule has 0 bridgehead atoms. The van der Waals surface area contributed by atoms with Gasteiger partial charge in [-0.05, 0) is 19.1 Å². The van der Waals surface area contributed by atoms with Crippen molar-refractivity contribution in [2.24, 2.45) is 0 Å². The van der Waals surface area contributed by atoms with Gasteiger partial charge in [0.1, 0.15) is 11.4 Å². The predicted molar refractivity (Wildman–Crippen MR) is 107 cm³/mol. The third-order valence-corrected chi connectivity index (χ3v) is 4.70. The van der Waals surface area contributed by atoms with Gasteiger partial charge < -0.3 is 5.32 Å². The first-order valence-electron chi connectivity index (χ1n) is 9.24. The van der Waals surface area contributed by atoms with Crippen LogP contribution in [0.5, 0.6) is 0 Å². The number of hydrogen-bond donors (Lipinski definition) is 2. The fraction of sp³-hybridized carbons (Fsp3) is 0.100. The molecule has 1 aromatic carbocycles.